The monoisotopic (exact) mass is 1290 g/mol. The number of epoxide rings is 1. The predicted molar refractivity (Wildman–Crippen MR) is 332 cm³/mol. The largest absolute Gasteiger partial charge is 0.462 e. The molecule has 6 unspecified atom stereocenters. The Hall–Kier alpha value is -4.18. The highest BCUT2D eigenvalue weighted by Gasteiger charge is 2.50. The van der Waals surface area contributed by atoms with Gasteiger partial charge in [-0.05, 0) is 123 Å². The SMILES string of the molecule is CC(C)(C)OC(=O)NCCOCCOCCOCCN.CCC(C)(C)C(=O)OCC1CO1.CCC(C)(CC(C)(CC(C)(C)C(=O)OCC(O)CO)C(=O)OCC(O)CNCCOCCOCCOCCNC(=O)OC(C)(C)C)C(=O)OCC(O)CNC.CN. The predicted octanol–water partition coefficient (Wildman–Crippen LogP) is 1.76. The minimum atomic E-state index is -1.46. The molecule has 12 N–H and O–H groups in total. The molecule has 29 heteroatoms. The molecule has 0 aromatic heterocycles. The van der Waals surface area contributed by atoms with E-state index in [9.17, 15) is 44.1 Å². The Morgan fingerprint density at radius 3 is 1.28 bits per heavy atom. The third-order valence-electron chi connectivity index (χ3n) is 12.4. The van der Waals surface area contributed by atoms with Gasteiger partial charge in [-0.1, -0.05) is 13.8 Å². The van der Waals surface area contributed by atoms with Crippen molar-refractivity contribution in [2.75, 3.05) is 172 Å². The molecule has 89 heavy (non-hydrogen) atoms. The van der Waals surface area contributed by atoms with Crippen LogP contribution in [0.1, 0.15) is 123 Å². The number of ether oxygens (including phenoxy) is 13. The Morgan fingerprint density at radius 1 is 0.506 bits per heavy atom. The van der Waals surface area contributed by atoms with Crippen LogP contribution in [-0.4, -0.2) is 264 Å². The number of likely N-dealkylation sites (N-methyl/N-ethyl adjacent to an activating group) is 1. The molecule has 1 rings (SSSR count). The standard InChI is InChI=1S/C37H71N3O15.C13H28N2O5.C9H16O3.CH5N/c1-10-36(7,31(46)53-22-27(42)19-38-9)26-37(8,25-35(5,6)30(45)52-24-29(44)21-41)32(47)54-23-28(43)20-39-11-13-49-15-17-51-18-16-50-14-12-40-33(48)55-34(2,3)4;1-13(2,3)20-12(16)15-5-7-18-9-11-19-10-8-17-6-4-14;1-4-9(2,3)8(10)12-6-7-5-11-7;1-2/h27-29,38-39,41-44H,10-26H2,1-9H3,(H,40,48);4-11,14H2,1-3H3,(H,15,16);7H,4-6H2,1-3H3;2H2,1H3. The minimum absolute atomic E-state index is 0.0862. The fourth-order valence-corrected chi connectivity index (χ4v) is 7.25. The quantitative estimate of drug-likeness (QED) is 0.0180. The van der Waals surface area contributed by atoms with E-state index in [1.165, 1.54) is 7.05 Å². The van der Waals surface area contributed by atoms with Gasteiger partial charge in [0, 0.05) is 39.3 Å². The Balaban J connectivity index is -0.00000175. The fraction of sp³-hybridized carbons (Fsp3) is 0.900. The smallest absolute Gasteiger partial charge is 0.407 e. The number of hydrogen-bond acceptors (Lipinski definition) is 27. The average Bonchev–Trinajstić information content (AvgIpc) is 1.63. The van der Waals surface area contributed by atoms with Gasteiger partial charge in [-0.25, -0.2) is 9.59 Å². The third-order valence-corrected chi connectivity index (χ3v) is 12.4. The molecule has 0 aromatic rings. The van der Waals surface area contributed by atoms with E-state index in [0.717, 1.165) is 13.0 Å². The van der Waals surface area contributed by atoms with Crippen LogP contribution in [0.3, 0.4) is 0 Å². The molecular weight excluding hydrogens is 1170 g/mol. The lowest BCUT2D eigenvalue weighted by Crippen LogP contribution is -2.45. The van der Waals surface area contributed by atoms with Gasteiger partial charge in [0.1, 0.15) is 62.0 Å². The number of carbonyl (C=O) groups excluding carboxylic acids is 6. The van der Waals surface area contributed by atoms with Crippen LogP contribution in [0.2, 0.25) is 0 Å². The van der Waals surface area contributed by atoms with Crippen molar-refractivity contribution in [2.24, 2.45) is 33.1 Å². The van der Waals surface area contributed by atoms with E-state index in [1.54, 1.807) is 62.4 Å². The second kappa shape index (κ2) is 50.4. The van der Waals surface area contributed by atoms with Gasteiger partial charge in [0.25, 0.3) is 0 Å². The second-order valence-electron chi connectivity index (χ2n) is 24.5. The normalized spacial score (nSPS) is 15.4. The molecule has 528 valence electrons. The van der Waals surface area contributed by atoms with Crippen LogP contribution >= 0.6 is 0 Å². The lowest BCUT2D eigenvalue weighted by molar-refractivity contribution is -0.172. The Morgan fingerprint density at radius 2 is 0.888 bits per heavy atom. The van der Waals surface area contributed by atoms with Crippen LogP contribution in [-0.2, 0) is 80.8 Å². The summed E-state index contributed by atoms with van der Waals surface area (Å²) in [5.41, 5.74) is 4.39. The van der Waals surface area contributed by atoms with Crippen molar-refractivity contribution in [3.05, 3.63) is 0 Å². The van der Waals surface area contributed by atoms with Crippen molar-refractivity contribution in [1.29, 1.82) is 0 Å². The molecule has 1 aliphatic rings. The summed E-state index contributed by atoms with van der Waals surface area (Å²) < 4.78 is 68.4. The van der Waals surface area contributed by atoms with Crippen LogP contribution in [0, 0.1) is 21.7 Å². The van der Waals surface area contributed by atoms with Gasteiger partial charge in [-0.3, -0.25) is 19.2 Å². The first kappa shape index (κ1) is 89.0. The molecule has 1 aliphatic heterocycles. The Kier molecular flexibility index (Phi) is 50.4. The van der Waals surface area contributed by atoms with Crippen molar-refractivity contribution in [3.8, 4) is 0 Å². The first-order chi connectivity index (χ1) is 41.7. The Bertz CT molecular complexity index is 1860. The van der Waals surface area contributed by atoms with Crippen LogP contribution in [0.25, 0.3) is 0 Å². The number of hydrogen-bond donors (Lipinski definition) is 10. The Labute approximate surface area is 530 Å². The summed E-state index contributed by atoms with van der Waals surface area (Å²) in [6.07, 6.45) is -3.22. The molecule has 1 heterocycles. The summed E-state index contributed by atoms with van der Waals surface area (Å²) in [4.78, 5) is 74.3. The van der Waals surface area contributed by atoms with Gasteiger partial charge in [-0.15, -0.1) is 0 Å². The molecule has 0 aromatic carbocycles. The number of rotatable bonds is 46. The highest BCUT2D eigenvalue weighted by Crippen LogP contribution is 2.46. The van der Waals surface area contributed by atoms with Gasteiger partial charge in [0.05, 0.1) is 114 Å². The molecule has 0 aliphatic carbocycles. The molecular formula is C60H120N6O23. The number of nitrogens with two attached hydrogens (primary N) is 2. The number of amides is 2. The number of esters is 4. The molecule has 2 amide bonds. The zero-order valence-electron chi connectivity index (χ0n) is 56.8. The van der Waals surface area contributed by atoms with Crippen LogP contribution < -0.4 is 32.7 Å². The van der Waals surface area contributed by atoms with E-state index in [2.05, 4.69) is 27.0 Å². The van der Waals surface area contributed by atoms with Crippen LogP contribution in [0.15, 0.2) is 0 Å². The lowest BCUT2D eigenvalue weighted by atomic mass is 9.65. The number of alkyl carbamates (subject to hydrolysis) is 2. The maximum absolute atomic E-state index is 13.8. The van der Waals surface area contributed by atoms with E-state index in [0.29, 0.717) is 112 Å². The number of aliphatic hydroxyl groups excluding tert-OH is 4. The van der Waals surface area contributed by atoms with Crippen molar-refractivity contribution in [3.63, 3.8) is 0 Å². The summed E-state index contributed by atoms with van der Waals surface area (Å²) in [6, 6.07) is 0. The van der Waals surface area contributed by atoms with E-state index in [-0.39, 0.29) is 63.1 Å². The van der Waals surface area contributed by atoms with E-state index >= 15 is 0 Å². The van der Waals surface area contributed by atoms with Gasteiger partial charge in [0.15, 0.2) is 0 Å². The number of aliphatic hydroxyl groups is 4. The minimum Gasteiger partial charge on any atom is -0.462 e. The highest BCUT2D eigenvalue weighted by molar-refractivity contribution is 5.83. The number of nitrogens with one attached hydrogen (secondary N) is 4. The first-order valence-corrected chi connectivity index (χ1v) is 30.6. The maximum atomic E-state index is 13.8. The van der Waals surface area contributed by atoms with Crippen molar-refractivity contribution < 1.29 is 111 Å². The van der Waals surface area contributed by atoms with Gasteiger partial charge in [-0.2, -0.15) is 0 Å². The first-order valence-electron chi connectivity index (χ1n) is 30.6. The third kappa shape index (κ3) is 50.1. The molecule has 0 radical (unpaired) electrons. The van der Waals surface area contributed by atoms with Gasteiger partial charge in [0.2, 0.25) is 0 Å². The highest BCUT2D eigenvalue weighted by atomic mass is 16.6. The maximum Gasteiger partial charge on any atom is 0.407 e. The molecule has 0 bridgehead atoms. The summed E-state index contributed by atoms with van der Waals surface area (Å²) in [5.74, 6) is -2.25. The lowest BCUT2D eigenvalue weighted by Gasteiger charge is -2.39. The van der Waals surface area contributed by atoms with E-state index in [1.807, 2.05) is 41.5 Å². The van der Waals surface area contributed by atoms with Crippen molar-refractivity contribution in [2.45, 2.75) is 158 Å². The second-order valence-corrected chi connectivity index (χ2v) is 24.5. The topological polar surface area (TPSA) is 407 Å². The van der Waals surface area contributed by atoms with Gasteiger partial charge >= 0.3 is 36.1 Å². The summed E-state index contributed by atoms with van der Waals surface area (Å²) >= 11 is 0. The molecule has 1 fully saturated rings. The molecule has 0 saturated carbocycles. The molecule has 0 spiro atoms. The summed E-state index contributed by atoms with van der Waals surface area (Å²) in [7, 11) is 3.15. The zero-order valence-corrected chi connectivity index (χ0v) is 56.8. The van der Waals surface area contributed by atoms with E-state index in [4.69, 9.17) is 72.4 Å². The van der Waals surface area contributed by atoms with Crippen LogP contribution in [0.4, 0.5) is 9.59 Å². The van der Waals surface area contributed by atoms with Crippen molar-refractivity contribution in [1.82, 2.24) is 21.3 Å². The number of carbonyl (C=O) groups is 6. The zero-order chi connectivity index (χ0) is 68.6. The molecule has 1 saturated heterocycles. The van der Waals surface area contributed by atoms with Gasteiger partial charge < -0.3 is 115 Å². The van der Waals surface area contributed by atoms with E-state index < -0.39 is 89.1 Å². The average molecular weight is 1290 g/mol. The molecule has 6 atom stereocenters. The van der Waals surface area contributed by atoms with Crippen LogP contribution in [0.5, 0.6) is 0 Å². The molecule has 29 nitrogen and oxygen atoms in total. The summed E-state index contributed by atoms with van der Waals surface area (Å²) in [5, 5.41) is 50.4. The fourth-order valence-electron chi connectivity index (χ4n) is 7.25. The summed E-state index contributed by atoms with van der Waals surface area (Å²) in [6.45, 7) is 31.1. The van der Waals surface area contributed by atoms with Crippen molar-refractivity contribution >= 4 is 36.1 Å².